The van der Waals surface area contributed by atoms with E-state index in [2.05, 4.69) is 11.0 Å². The van der Waals surface area contributed by atoms with E-state index in [0.717, 1.165) is 16.7 Å². The minimum absolute atomic E-state index is 0.0350. The van der Waals surface area contributed by atoms with Gasteiger partial charge in [-0.1, -0.05) is 0 Å². The second kappa shape index (κ2) is 11.5. The van der Waals surface area contributed by atoms with Crippen LogP contribution in [0.4, 0.5) is 0 Å². The van der Waals surface area contributed by atoms with Crippen LogP contribution in [0.1, 0.15) is 17.0 Å². The van der Waals surface area contributed by atoms with Crippen LogP contribution < -0.4 is 34.2 Å². The van der Waals surface area contributed by atoms with E-state index in [0.29, 0.717) is 58.9 Å². The average Bonchev–Trinajstić information content (AvgIpc) is 2.95. The number of hydrogen-bond donors (Lipinski definition) is 1. The van der Waals surface area contributed by atoms with Crippen molar-refractivity contribution in [2.75, 3.05) is 62.8 Å². The van der Waals surface area contributed by atoms with Crippen molar-refractivity contribution < 1.29 is 33.2 Å². The van der Waals surface area contributed by atoms with Gasteiger partial charge in [0.05, 0.1) is 48.6 Å². The van der Waals surface area contributed by atoms with E-state index in [1.165, 1.54) is 0 Å². The van der Waals surface area contributed by atoms with Gasteiger partial charge in [-0.05, 0) is 30.8 Å². The highest BCUT2D eigenvalue weighted by atomic mass is 16.5. The fraction of sp³-hybridized carbons (Fsp3) is 0.345. The first-order chi connectivity index (χ1) is 18.8. The molecular weight excluding hydrogens is 502 g/mol. The maximum atomic E-state index is 10.2. The molecule has 10 nitrogen and oxygen atoms in total. The van der Waals surface area contributed by atoms with Crippen LogP contribution in [-0.4, -0.2) is 67.7 Å². The van der Waals surface area contributed by atoms with Gasteiger partial charge >= 0.3 is 0 Å². The highest BCUT2D eigenvalue weighted by molar-refractivity contribution is 5.70. The average molecular weight is 536 g/mol. The van der Waals surface area contributed by atoms with E-state index in [1.54, 1.807) is 54.8 Å². The lowest BCUT2D eigenvalue weighted by Gasteiger charge is -2.37. The standard InChI is InChI=1S/C29H33N3O7/c1-32-14-17(8-16-9-23(35-4)25(37-6)11-21(16)33-2)28-20(15-32)27(19(13-30)29(31)39-28)18-10-24(36-5)26(38-7)12-22(18)34-3/h8-12,27H,14-15,31H2,1-7H3/b17-8+. The Kier molecular flexibility index (Phi) is 8.12. The predicted molar refractivity (Wildman–Crippen MR) is 145 cm³/mol. The number of allylic oxidation sites excluding steroid dienone is 1. The Balaban J connectivity index is 1.95. The van der Waals surface area contributed by atoms with Gasteiger partial charge in [-0.3, -0.25) is 4.90 Å². The second-order valence-corrected chi connectivity index (χ2v) is 9.02. The van der Waals surface area contributed by atoms with E-state index in [9.17, 15) is 5.26 Å². The first-order valence-corrected chi connectivity index (χ1v) is 12.1. The fourth-order valence-electron chi connectivity index (χ4n) is 5.03. The van der Waals surface area contributed by atoms with Crippen LogP contribution in [0.15, 0.2) is 52.6 Å². The lowest BCUT2D eigenvalue weighted by Crippen LogP contribution is -2.36. The molecule has 2 aromatic carbocycles. The number of ether oxygens (including phenoxy) is 7. The van der Waals surface area contributed by atoms with Gasteiger partial charge in [0, 0.05) is 41.9 Å². The molecule has 0 aromatic heterocycles. The maximum Gasteiger partial charge on any atom is 0.205 e. The van der Waals surface area contributed by atoms with Gasteiger partial charge in [0.15, 0.2) is 23.0 Å². The first-order valence-electron chi connectivity index (χ1n) is 12.1. The molecule has 2 aliphatic heterocycles. The minimum Gasteiger partial charge on any atom is -0.496 e. The van der Waals surface area contributed by atoms with Gasteiger partial charge in [-0.2, -0.15) is 5.26 Å². The monoisotopic (exact) mass is 535 g/mol. The van der Waals surface area contributed by atoms with E-state index in [4.69, 9.17) is 38.9 Å². The van der Waals surface area contributed by atoms with E-state index in [1.807, 2.05) is 25.3 Å². The van der Waals surface area contributed by atoms with Crippen molar-refractivity contribution in [2.24, 2.45) is 5.73 Å². The van der Waals surface area contributed by atoms with E-state index in [-0.39, 0.29) is 11.5 Å². The number of nitrogens with zero attached hydrogens (tertiary/aromatic N) is 2. The maximum absolute atomic E-state index is 10.2. The summed E-state index contributed by atoms with van der Waals surface area (Å²) in [4.78, 5) is 2.14. The van der Waals surface area contributed by atoms with Gasteiger partial charge in [0.1, 0.15) is 28.9 Å². The highest BCUT2D eigenvalue weighted by Crippen LogP contribution is 2.49. The smallest absolute Gasteiger partial charge is 0.205 e. The van der Waals surface area contributed by atoms with Gasteiger partial charge < -0.3 is 38.9 Å². The van der Waals surface area contributed by atoms with Gasteiger partial charge in [-0.25, -0.2) is 0 Å². The molecule has 2 aromatic rings. The van der Waals surface area contributed by atoms with Gasteiger partial charge in [0.25, 0.3) is 0 Å². The van der Waals surface area contributed by atoms with Crippen molar-refractivity contribution in [3.63, 3.8) is 0 Å². The molecule has 2 N–H and O–H groups in total. The summed E-state index contributed by atoms with van der Waals surface area (Å²) in [6.07, 6.45) is 1.97. The Morgan fingerprint density at radius 3 is 1.92 bits per heavy atom. The molecular formula is C29H33N3O7. The molecule has 10 heteroatoms. The number of nitrogens with two attached hydrogens (primary N) is 1. The molecule has 0 bridgehead atoms. The quantitative estimate of drug-likeness (QED) is 0.534. The Bertz CT molecular complexity index is 1400. The summed E-state index contributed by atoms with van der Waals surface area (Å²) >= 11 is 0. The molecule has 0 aliphatic carbocycles. The summed E-state index contributed by atoms with van der Waals surface area (Å²) in [6.45, 7) is 1.11. The largest absolute Gasteiger partial charge is 0.496 e. The highest BCUT2D eigenvalue weighted by Gasteiger charge is 2.39. The molecule has 39 heavy (non-hydrogen) atoms. The summed E-state index contributed by atoms with van der Waals surface area (Å²) in [5.74, 6) is 3.37. The Morgan fingerprint density at radius 1 is 0.821 bits per heavy atom. The summed E-state index contributed by atoms with van der Waals surface area (Å²) in [5.41, 5.74) is 9.87. The van der Waals surface area contributed by atoms with Crippen molar-refractivity contribution in [3.05, 3.63) is 63.8 Å². The van der Waals surface area contributed by atoms with Crippen molar-refractivity contribution in [2.45, 2.75) is 5.92 Å². The van der Waals surface area contributed by atoms with Gasteiger partial charge in [-0.15, -0.1) is 0 Å². The number of hydrogen-bond acceptors (Lipinski definition) is 10. The fourth-order valence-corrected chi connectivity index (χ4v) is 5.03. The number of benzene rings is 2. The molecule has 206 valence electrons. The minimum atomic E-state index is -0.535. The van der Waals surface area contributed by atoms with Crippen LogP contribution in [-0.2, 0) is 4.74 Å². The third-order valence-corrected chi connectivity index (χ3v) is 6.81. The molecule has 0 spiro atoms. The zero-order valence-corrected chi connectivity index (χ0v) is 23.2. The molecule has 0 amide bonds. The van der Waals surface area contributed by atoms with Crippen molar-refractivity contribution in [3.8, 4) is 40.6 Å². The second-order valence-electron chi connectivity index (χ2n) is 9.02. The summed E-state index contributed by atoms with van der Waals surface area (Å²) in [6, 6.07) is 9.43. The lowest BCUT2D eigenvalue weighted by molar-refractivity contribution is 0.250. The molecule has 1 unspecified atom stereocenters. The van der Waals surface area contributed by atoms with Crippen LogP contribution in [0.3, 0.4) is 0 Å². The first kappa shape index (κ1) is 27.5. The third-order valence-electron chi connectivity index (χ3n) is 6.81. The van der Waals surface area contributed by atoms with Crippen LogP contribution in [0.25, 0.3) is 6.08 Å². The van der Waals surface area contributed by atoms with E-state index >= 15 is 0 Å². The van der Waals surface area contributed by atoms with Crippen molar-refractivity contribution >= 4 is 6.08 Å². The topological polar surface area (TPSA) is 118 Å². The molecule has 0 radical (unpaired) electrons. The molecule has 1 atom stereocenters. The van der Waals surface area contributed by atoms with E-state index < -0.39 is 5.92 Å². The number of methoxy groups -OCH3 is 6. The predicted octanol–water partition coefficient (Wildman–Crippen LogP) is 3.83. The zero-order valence-electron chi connectivity index (χ0n) is 23.2. The normalized spacial score (nSPS) is 18.2. The Labute approximate surface area is 228 Å². The van der Waals surface area contributed by atoms with Crippen molar-refractivity contribution in [1.29, 1.82) is 5.26 Å². The van der Waals surface area contributed by atoms with Crippen LogP contribution in [0.5, 0.6) is 34.5 Å². The van der Waals surface area contributed by atoms with Crippen LogP contribution >= 0.6 is 0 Å². The SMILES string of the molecule is COc1cc(OC)c(OC)cc1/C=C1\CN(C)CC2=C1OC(N)=C(C#N)C2c1cc(OC)c(OC)cc1OC. The number of nitriles is 1. The molecule has 0 saturated carbocycles. The molecule has 2 heterocycles. The van der Waals surface area contributed by atoms with Gasteiger partial charge in [0.2, 0.25) is 5.88 Å². The third kappa shape index (κ3) is 5.01. The zero-order chi connectivity index (χ0) is 28.3. The molecule has 4 rings (SSSR count). The number of rotatable bonds is 8. The molecule has 2 aliphatic rings. The van der Waals surface area contributed by atoms with Crippen LogP contribution in [0.2, 0.25) is 0 Å². The Hall–Kier alpha value is -4.49. The molecule has 0 saturated heterocycles. The summed E-state index contributed by atoms with van der Waals surface area (Å²) in [7, 11) is 11.4. The number of likely N-dealkylation sites (N-methyl/N-ethyl adjacent to an activating group) is 1. The lowest BCUT2D eigenvalue weighted by atomic mass is 9.79. The van der Waals surface area contributed by atoms with Crippen LogP contribution in [0, 0.1) is 11.3 Å². The summed E-state index contributed by atoms with van der Waals surface area (Å²) in [5, 5.41) is 10.2. The molecule has 0 fully saturated rings. The summed E-state index contributed by atoms with van der Waals surface area (Å²) < 4.78 is 39.5. The van der Waals surface area contributed by atoms with Crippen molar-refractivity contribution in [1.82, 2.24) is 4.90 Å². The Morgan fingerprint density at radius 2 is 1.36 bits per heavy atom.